The van der Waals surface area contributed by atoms with Crippen LogP contribution in [0.15, 0.2) is 29.2 Å². The fourth-order valence-corrected chi connectivity index (χ4v) is 3.12. The van der Waals surface area contributed by atoms with Crippen molar-refractivity contribution in [2.75, 3.05) is 14.2 Å². The number of nitrogens with one attached hydrogen (secondary N) is 1. The Labute approximate surface area is 117 Å². The van der Waals surface area contributed by atoms with Crippen molar-refractivity contribution in [3.63, 3.8) is 0 Å². The molecule has 0 fully saturated rings. The van der Waals surface area contributed by atoms with Crippen molar-refractivity contribution in [1.82, 2.24) is 5.32 Å². The number of hydrogen-bond acceptors (Lipinski definition) is 4. The van der Waals surface area contributed by atoms with Crippen LogP contribution < -0.4 is 5.32 Å². The topological polar surface area (TPSA) is 38.3 Å². The second kappa shape index (κ2) is 6.91. The van der Waals surface area contributed by atoms with Crippen LogP contribution >= 0.6 is 11.8 Å². The predicted molar refractivity (Wildman–Crippen MR) is 75.8 cm³/mol. The molecule has 0 spiro atoms. The van der Waals surface area contributed by atoms with Crippen molar-refractivity contribution in [3.05, 3.63) is 30.1 Å². The van der Waals surface area contributed by atoms with E-state index in [1.165, 1.54) is 19.2 Å². The molecule has 0 saturated heterocycles. The molecule has 106 valence electrons. The summed E-state index contributed by atoms with van der Waals surface area (Å²) in [5, 5.41) is 3.15. The molecule has 0 radical (unpaired) electrons. The number of likely N-dealkylation sites (N-methyl/N-ethyl adjacent to an activating group) is 1. The van der Waals surface area contributed by atoms with E-state index in [4.69, 9.17) is 4.74 Å². The normalized spacial score (nSPS) is 15.6. The number of ether oxygens (including phenoxy) is 1. The summed E-state index contributed by atoms with van der Waals surface area (Å²) in [7, 11) is 3.11. The van der Waals surface area contributed by atoms with Crippen molar-refractivity contribution in [2.24, 2.45) is 0 Å². The molecule has 0 aliphatic heterocycles. The van der Waals surface area contributed by atoms with Gasteiger partial charge in [-0.25, -0.2) is 4.39 Å². The molecule has 0 heterocycles. The van der Waals surface area contributed by atoms with Gasteiger partial charge in [-0.3, -0.25) is 4.79 Å². The summed E-state index contributed by atoms with van der Waals surface area (Å²) >= 11 is 1.54. The molecule has 1 aromatic rings. The number of benzene rings is 1. The van der Waals surface area contributed by atoms with Gasteiger partial charge in [0.1, 0.15) is 11.4 Å². The van der Waals surface area contributed by atoms with Gasteiger partial charge in [0.15, 0.2) is 0 Å². The molecule has 0 aliphatic rings. The van der Waals surface area contributed by atoms with E-state index in [9.17, 15) is 9.18 Å². The number of halogens is 1. The first-order valence-electron chi connectivity index (χ1n) is 6.11. The van der Waals surface area contributed by atoms with E-state index in [-0.39, 0.29) is 17.0 Å². The van der Waals surface area contributed by atoms with E-state index < -0.39 is 5.54 Å². The van der Waals surface area contributed by atoms with Crippen molar-refractivity contribution >= 4 is 17.7 Å². The summed E-state index contributed by atoms with van der Waals surface area (Å²) in [5.74, 6) is -0.539. The minimum absolute atomic E-state index is 0.151. The lowest BCUT2D eigenvalue weighted by molar-refractivity contribution is -0.147. The molecule has 0 amide bonds. The molecule has 2 atom stereocenters. The Kier molecular flexibility index (Phi) is 5.82. The van der Waals surface area contributed by atoms with Gasteiger partial charge >= 0.3 is 5.97 Å². The number of carbonyl (C=O) groups is 1. The number of hydrogen-bond donors (Lipinski definition) is 1. The molecule has 1 aromatic carbocycles. The van der Waals surface area contributed by atoms with Gasteiger partial charge in [0.2, 0.25) is 0 Å². The Hall–Kier alpha value is -1.07. The first-order chi connectivity index (χ1) is 8.91. The molecule has 3 nitrogen and oxygen atoms in total. The first-order valence-corrected chi connectivity index (χ1v) is 6.99. The lowest BCUT2D eigenvalue weighted by Crippen LogP contribution is -2.49. The zero-order valence-electron chi connectivity index (χ0n) is 11.7. The lowest BCUT2D eigenvalue weighted by Gasteiger charge is -2.28. The van der Waals surface area contributed by atoms with Gasteiger partial charge in [-0.2, -0.15) is 0 Å². The highest BCUT2D eigenvalue weighted by molar-refractivity contribution is 7.99. The quantitative estimate of drug-likeness (QED) is 0.644. The van der Waals surface area contributed by atoms with Crippen LogP contribution in [-0.2, 0) is 9.53 Å². The molecular weight excluding hydrogens is 265 g/mol. The molecule has 0 aromatic heterocycles. The van der Waals surface area contributed by atoms with E-state index in [2.05, 4.69) is 5.32 Å². The van der Waals surface area contributed by atoms with Crippen LogP contribution in [0.1, 0.15) is 20.3 Å². The number of carbonyl (C=O) groups excluding carboxylic acids is 1. The van der Waals surface area contributed by atoms with Crippen LogP contribution in [-0.4, -0.2) is 30.9 Å². The maximum atomic E-state index is 13.1. The standard InChI is InChI=1S/C14H20FNO2S/c1-10(9-14(2,16-3)13(17)18-4)19-12-7-5-6-11(15)8-12/h5-8,10,16H,9H2,1-4H3. The van der Waals surface area contributed by atoms with Crippen LogP contribution in [0.25, 0.3) is 0 Å². The average Bonchev–Trinajstić information content (AvgIpc) is 2.37. The van der Waals surface area contributed by atoms with Crippen molar-refractivity contribution in [3.8, 4) is 0 Å². The minimum atomic E-state index is -0.728. The summed E-state index contributed by atoms with van der Waals surface area (Å²) in [6, 6.07) is 6.46. The highest BCUT2D eigenvalue weighted by atomic mass is 32.2. The summed E-state index contributed by atoms with van der Waals surface area (Å²) in [6.07, 6.45) is 0.595. The number of esters is 1. The van der Waals surface area contributed by atoms with Crippen molar-refractivity contribution in [1.29, 1.82) is 0 Å². The summed E-state index contributed by atoms with van der Waals surface area (Å²) < 4.78 is 17.9. The highest BCUT2D eigenvalue weighted by Gasteiger charge is 2.34. The molecular formula is C14H20FNO2S. The molecule has 5 heteroatoms. The average molecular weight is 285 g/mol. The molecule has 19 heavy (non-hydrogen) atoms. The van der Waals surface area contributed by atoms with E-state index in [0.29, 0.717) is 6.42 Å². The third-order valence-corrected chi connectivity index (χ3v) is 4.11. The van der Waals surface area contributed by atoms with Crippen LogP contribution in [0, 0.1) is 5.82 Å². The molecule has 2 unspecified atom stereocenters. The zero-order chi connectivity index (χ0) is 14.5. The number of methoxy groups -OCH3 is 1. The Balaban J connectivity index is 2.68. The Morgan fingerprint density at radius 1 is 1.58 bits per heavy atom. The number of thioether (sulfide) groups is 1. The van der Waals surface area contributed by atoms with E-state index in [1.807, 2.05) is 19.9 Å². The second-order valence-electron chi connectivity index (χ2n) is 4.66. The van der Waals surface area contributed by atoms with Crippen molar-refractivity contribution in [2.45, 2.75) is 36.0 Å². The maximum Gasteiger partial charge on any atom is 0.325 e. The summed E-state index contributed by atoms with van der Waals surface area (Å²) in [4.78, 5) is 12.6. The summed E-state index contributed by atoms with van der Waals surface area (Å²) in [5.41, 5.74) is -0.728. The highest BCUT2D eigenvalue weighted by Crippen LogP contribution is 2.29. The third kappa shape index (κ3) is 4.51. The van der Waals surface area contributed by atoms with Gasteiger partial charge in [0, 0.05) is 10.1 Å². The maximum absolute atomic E-state index is 13.1. The van der Waals surface area contributed by atoms with Crippen LogP contribution in [0.3, 0.4) is 0 Å². The Bertz CT molecular complexity index is 441. The van der Waals surface area contributed by atoms with Crippen LogP contribution in [0.2, 0.25) is 0 Å². The SMILES string of the molecule is CNC(C)(CC(C)Sc1cccc(F)c1)C(=O)OC. The number of rotatable bonds is 6. The van der Waals surface area contributed by atoms with E-state index in [1.54, 1.807) is 24.9 Å². The van der Waals surface area contributed by atoms with Crippen molar-refractivity contribution < 1.29 is 13.9 Å². The first kappa shape index (κ1) is 16.0. The van der Waals surface area contributed by atoms with Gasteiger partial charge < -0.3 is 10.1 Å². The van der Waals surface area contributed by atoms with Gasteiger partial charge in [0.05, 0.1) is 7.11 Å². The Morgan fingerprint density at radius 3 is 2.79 bits per heavy atom. The van der Waals surface area contributed by atoms with Crippen LogP contribution in [0.4, 0.5) is 4.39 Å². The molecule has 0 bridgehead atoms. The molecule has 0 aliphatic carbocycles. The second-order valence-corrected chi connectivity index (χ2v) is 6.18. The predicted octanol–water partition coefficient (Wildman–Crippen LogP) is 2.85. The monoisotopic (exact) mass is 285 g/mol. The van der Waals surface area contributed by atoms with Crippen LogP contribution in [0.5, 0.6) is 0 Å². The fraction of sp³-hybridized carbons (Fsp3) is 0.500. The van der Waals surface area contributed by atoms with E-state index >= 15 is 0 Å². The molecule has 1 N–H and O–H groups in total. The largest absolute Gasteiger partial charge is 0.468 e. The zero-order valence-corrected chi connectivity index (χ0v) is 12.5. The lowest BCUT2D eigenvalue weighted by atomic mass is 9.96. The molecule has 1 rings (SSSR count). The van der Waals surface area contributed by atoms with Gasteiger partial charge in [-0.1, -0.05) is 13.0 Å². The van der Waals surface area contributed by atoms with Gasteiger partial charge in [-0.15, -0.1) is 11.8 Å². The Morgan fingerprint density at radius 2 is 2.26 bits per heavy atom. The third-order valence-electron chi connectivity index (χ3n) is 3.02. The summed E-state index contributed by atoms with van der Waals surface area (Å²) in [6.45, 7) is 3.82. The van der Waals surface area contributed by atoms with Gasteiger partial charge in [-0.05, 0) is 38.6 Å². The fourth-order valence-electron chi connectivity index (χ4n) is 1.90. The smallest absolute Gasteiger partial charge is 0.325 e. The van der Waals surface area contributed by atoms with E-state index in [0.717, 1.165) is 4.90 Å². The minimum Gasteiger partial charge on any atom is -0.468 e. The molecule has 0 saturated carbocycles. The van der Waals surface area contributed by atoms with Gasteiger partial charge in [0.25, 0.3) is 0 Å².